The summed E-state index contributed by atoms with van der Waals surface area (Å²) in [5.74, 6) is 0.439. The molecule has 1 aromatic carbocycles. The molecule has 0 spiro atoms. The maximum atomic E-state index is 12.6. The van der Waals surface area contributed by atoms with E-state index in [0.717, 1.165) is 24.2 Å². The highest BCUT2D eigenvalue weighted by Gasteiger charge is 2.28. The summed E-state index contributed by atoms with van der Waals surface area (Å²) >= 11 is 0. The van der Waals surface area contributed by atoms with Crippen molar-refractivity contribution in [3.63, 3.8) is 0 Å². The second kappa shape index (κ2) is 10.8. The summed E-state index contributed by atoms with van der Waals surface area (Å²) in [6.45, 7) is 7.05. The molecule has 8 nitrogen and oxygen atoms in total. The first-order chi connectivity index (χ1) is 14.2. The largest absolute Gasteiger partial charge is 0.497 e. The zero-order valence-corrected chi connectivity index (χ0v) is 18.3. The number of hydrogen-bond acceptors (Lipinski definition) is 5. The molecular weight excluding hydrogens is 386 g/mol. The van der Waals surface area contributed by atoms with Crippen molar-refractivity contribution in [1.82, 2.24) is 15.5 Å². The predicted octanol–water partition coefficient (Wildman–Crippen LogP) is 2.12. The SMILES string of the molecule is COc1ccc(CC(=O)N2CCCC(C(=O)NCCNC(=O)OC(C)(C)C)C2)cc1. The van der Waals surface area contributed by atoms with Gasteiger partial charge in [-0.05, 0) is 51.3 Å². The number of hydrogen-bond donors (Lipinski definition) is 2. The Morgan fingerprint density at radius 1 is 1.10 bits per heavy atom. The Hall–Kier alpha value is -2.77. The number of ether oxygens (including phenoxy) is 2. The van der Waals surface area contributed by atoms with E-state index in [1.54, 1.807) is 32.8 Å². The number of carbonyl (C=O) groups is 3. The van der Waals surface area contributed by atoms with Crippen LogP contribution < -0.4 is 15.4 Å². The Morgan fingerprint density at radius 3 is 2.40 bits per heavy atom. The molecule has 0 aliphatic carbocycles. The molecule has 0 bridgehead atoms. The maximum Gasteiger partial charge on any atom is 0.407 e. The summed E-state index contributed by atoms with van der Waals surface area (Å²) < 4.78 is 10.3. The molecule has 1 fully saturated rings. The molecule has 0 aromatic heterocycles. The molecule has 8 heteroatoms. The highest BCUT2D eigenvalue weighted by atomic mass is 16.6. The van der Waals surface area contributed by atoms with Gasteiger partial charge in [0, 0.05) is 26.2 Å². The van der Waals surface area contributed by atoms with Crippen LogP contribution in [-0.4, -0.2) is 61.7 Å². The maximum absolute atomic E-state index is 12.6. The van der Waals surface area contributed by atoms with Crippen LogP contribution in [0, 0.1) is 5.92 Å². The Bertz CT molecular complexity index is 727. The van der Waals surface area contributed by atoms with Gasteiger partial charge in [0.25, 0.3) is 0 Å². The number of carbonyl (C=O) groups excluding carboxylic acids is 3. The van der Waals surface area contributed by atoms with E-state index >= 15 is 0 Å². The molecule has 30 heavy (non-hydrogen) atoms. The Kier molecular flexibility index (Phi) is 8.50. The first-order valence-electron chi connectivity index (χ1n) is 10.3. The van der Waals surface area contributed by atoms with Crippen LogP contribution in [0.4, 0.5) is 4.79 Å². The molecule has 1 heterocycles. The molecule has 1 aliphatic rings. The Morgan fingerprint density at radius 2 is 1.77 bits per heavy atom. The highest BCUT2D eigenvalue weighted by molar-refractivity contribution is 5.82. The van der Waals surface area contributed by atoms with E-state index in [-0.39, 0.29) is 24.3 Å². The minimum Gasteiger partial charge on any atom is -0.497 e. The van der Waals surface area contributed by atoms with Gasteiger partial charge >= 0.3 is 6.09 Å². The number of alkyl carbamates (subject to hydrolysis) is 1. The van der Waals surface area contributed by atoms with E-state index in [1.165, 1.54) is 0 Å². The van der Waals surface area contributed by atoms with Gasteiger partial charge in [-0.1, -0.05) is 12.1 Å². The monoisotopic (exact) mass is 419 g/mol. The summed E-state index contributed by atoms with van der Waals surface area (Å²) in [5, 5.41) is 5.44. The molecule has 1 saturated heterocycles. The number of methoxy groups -OCH3 is 1. The third kappa shape index (κ3) is 7.93. The van der Waals surface area contributed by atoms with E-state index < -0.39 is 11.7 Å². The fourth-order valence-electron chi connectivity index (χ4n) is 3.26. The lowest BCUT2D eigenvalue weighted by molar-refractivity contribution is -0.135. The Balaban J connectivity index is 1.74. The van der Waals surface area contributed by atoms with Crippen LogP contribution in [0.15, 0.2) is 24.3 Å². The van der Waals surface area contributed by atoms with Crippen LogP contribution in [0.3, 0.4) is 0 Å². The number of piperidine rings is 1. The second-order valence-corrected chi connectivity index (χ2v) is 8.42. The quantitative estimate of drug-likeness (QED) is 0.660. The van der Waals surface area contributed by atoms with Gasteiger partial charge in [-0.15, -0.1) is 0 Å². The molecule has 166 valence electrons. The van der Waals surface area contributed by atoms with Crippen LogP contribution in [-0.2, 0) is 20.7 Å². The van der Waals surface area contributed by atoms with Crippen molar-refractivity contribution in [2.75, 3.05) is 33.3 Å². The Labute approximate surface area is 178 Å². The van der Waals surface area contributed by atoms with Gasteiger partial charge in [-0.25, -0.2) is 4.79 Å². The van der Waals surface area contributed by atoms with Gasteiger partial charge in [0.1, 0.15) is 11.4 Å². The number of rotatable bonds is 7. The zero-order valence-electron chi connectivity index (χ0n) is 18.3. The molecule has 3 amide bonds. The average Bonchev–Trinajstić information content (AvgIpc) is 2.70. The highest BCUT2D eigenvalue weighted by Crippen LogP contribution is 2.18. The third-order valence-corrected chi connectivity index (χ3v) is 4.75. The summed E-state index contributed by atoms with van der Waals surface area (Å²) in [6.07, 6.45) is 1.34. The topological polar surface area (TPSA) is 97.0 Å². The van der Waals surface area contributed by atoms with Crippen LogP contribution in [0.5, 0.6) is 5.75 Å². The van der Waals surface area contributed by atoms with E-state index in [2.05, 4.69) is 10.6 Å². The van der Waals surface area contributed by atoms with E-state index in [1.807, 2.05) is 24.3 Å². The van der Waals surface area contributed by atoms with Gasteiger partial charge < -0.3 is 25.0 Å². The third-order valence-electron chi connectivity index (χ3n) is 4.75. The summed E-state index contributed by atoms with van der Waals surface area (Å²) in [6, 6.07) is 7.42. The van der Waals surface area contributed by atoms with Crippen molar-refractivity contribution in [3.05, 3.63) is 29.8 Å². The van der Waals surface area contributed by atoms with Crippen molar-refractivity contribution < 1.29 is 23.9 Å². The van der Waals surface area contributed by atoms with Crippen molar-refractivity contribution in [1.29, 1.82) is 0 Å². The van der Waals surface area contributed by atoms with E-state index in [9.17, 15) is 14.4 Å². The van der Waals surface area contributed by atoms with Crippen molar-refractivity contribution >= 4 is 17.9 Å². The second-order valence-electron chi connectivity index (χ2n) is 8.42. The zero-order chi connectivity index (χ0) is 22.1. The fourth-order valence-corrected chi connectivity index (χ4v) is 3.26. The van der Waals surface area contributed by atoms with Crippen LogP contribution in [0.25, 0.3) is 0 Å². The van der Waals surface area contributed by atoms with Gasteiger partial charge in [0.15, 0.2) is 0 Å². The van der Waals surface area contributed by atoms with Gasteiger partial charge in [-0.2, -0.15) is 0 Å². The first kappa shape index (κ1) is 23.5. The lowest BCUT2D eigenvalue weighted by Gasteiger charge is -2.32. The lowest BCUT2D eigenvalue weighted by Crippen LogP contribution is -2.47. The minimum absolute atomic E-state index is 0.0178. The minimum atomic E-state index is -0.558. The number of benzene rings is 1. The standard InChI is InChI=1S/C22H33N3O5/c1-22(2,3)30-21(28)24-12-11-23-20(27)17-6-5-13-25(15-17)19(26)14-16-7-9-18(29-4)10-8-16/h7-10,17H,5-6,11-15H2,1-4H3,(H,23,27)(H,24,28). The molecule has 1 aromatic rings. The van der Waals surface area contributed by atoms with Crippen molar-refractivity contribution in [2.24, 2.45) is 5.92 Å². The summed E-state index contributed by atoms with van der Waals surface area (Å²) in [7, 11) is 1.60. The normalized spacial score (nSPS) is 16.5. The van der Waals surface area contributed by atoms with E-state index in [4.69, 9.17) is 9.47 Å². The van der Waals surface area contributed by atoms with Crippen LogP contribution >= 0.6 is 0 Å². The van der Waals surface area contributed by atoms with Gasteiger partial charge in [0.05, 0.1) is 19.4 Å². The van der Waals surface area contributed by atoms with Gasteiger partial charge in [-0.3, -0.25) is 9.59 Å². The lowest BCUT2D eigenvalue weighted by atomic mass is 9.96. The van der Waals surface area contributed by atoms with Crippen LogP contribution in [0.1, 0.15) is 39.2 Å². The number of nitrogens with one attached hydrogen (secondary N) is 2. The molecule has 2 rings (SSSR count). The molecule has 2 N–H and O–H groups in total. The van der Waals surface area contributed by atoms with Crippen LogP contribution in [0.2, 0.25) is 0 Å². The summed E-state index contributed by atoms with van der Waals surface area (Å²) in [4.78, 5) is 38.5. The molecule has 1 atom stereocenters. The fraction of sp³-hybridized carbons (Fsp3) is 0.591. The predicted molar refractivity (Wildman–Crippen MR) is 113 cm³/mol. The number of amides is 3. The molecule has 1 aliphatic heterocycles. The molecule has 0 radical (unpaired) electrons. The van der Waals surface area contributed by atoms with Crippen molar-refractivity contribution in [2.45, 2.75) is 45.6 Å². The van der Waals surface area contributed by atoms with Gasteiger partial charge in [0.2, 0.25) is 11.8 Å². The number of nitrogens with zero attached hydrogens (tertiary/aromatic N) is 1. The van der Waals surface area contributed by atoms with Crippen molar-refractivity contribution in [3.8, 4) is 5.75 Å². The summed E-state index contributed by atoms with van der Waals surface area (Å²) in [5.41, 5.74) is 0.359. The average molecular weight is 420 g/mol. The molecule has 1 unspecified atom stereocenters. The first-order valence-corrected chi connectivity index (χ1v) is 10.3. The van der Waals surface area contributed by atoms with E-state index in [0.29, 0.717) is 26.1 Å². The molecular formula is C22H33N3O5. The number of likely N-dealkylation sites (tertiary alicyclic amines) is 1. The smallest absolute Gasteiger partial charge is 0.407 e. The molecule has 0 saturated carbocycles.